The van der Waals surface area contributed by atoms with E-state index in [1.807, 2.05) is 0 Å². The monoisotopic (exact) mass is 296 g/mol. The highest BCUT2D eigenvalue weighted by atomic mass is 19.1. The maximum absolute atomic E-state index is 13.6. The normalized spacial score (nSPS) is 10.6. The Kier molecular flexibility index (Phi) is 8.59. The van der Waals surface area contributed by atoms with Crippen LogP contribution < -0.4 is 0 Å². The first-order chi connectivity index (χ1) is 10.2. The van der Waals surface area contributed by atoms with E-state index in [0.29, 0.717) is 19.5 Å². The van der Waals surface area contributed by atoms with Gasteiger partial charge < -0.3 is 10.0 Å². The van der Waals surface area contributed by atoms with Crippen LogP contribution in [0.15, 0.2) is 18.3 Å². The molecular formula is C16H25FN2O2. The minimum atomic E-state index is -0.734. The SMILES string of the molecule is CCCCCCCN(CCCO)C(=O)c1cccnc1F. The average Bonchev–Trinajstić information content (AvgIpc) is 2.50. The molecule has 0 unspecified atom stereocenters. The van der Waals surface area contributed by atoms with E-state index in [-0.39, 0.29) is 18.1 Å². The Hall–Kier alpha value is -1.49. The fraction of sp³-hybridized carbons (Fsp3) is 0.625. The van der Waals surface area contributed by atoms with Gasteiger partial charge in [0.15, 0.2) is 0 Å². The van der Waals surface area contributed by atoms with Gasteiger partial charge in [0.05, 0.1) is 5.56 Å². The van der Waals surface area contributed by atoms with Crippen molar-refractivity contribution in [1.82, 2.24) is 9.88 Å². The number of hydrogen-bond acceptors (Lipinski definition) is 3. The third-order valence-corrected chi connectivity index (χ3v) is 3.39. The molecule has 0 atom stereocenters. The van der Waals surface area contributed by atoms with Crippen LogP contribution in [0, 0.1) is 5.95 Å². The highest BCUT2D eigenvalue weighted by Crippen LogP contribution is 2.11. The summed E-state index contributed by atoms with van der Waals surface area (Å²) in [4.78, 5) is 17.5. The lowest BCUT2D eigenvalue weighted by Crippen LogP contribution is -2.34. The average molecular weight is 296 g/mol. The third-order valence-electron chi connectivity index (χ3n) is 3.39. The number of carbonyl (C=O) groups is 1. The smallest absolute Gasteiger partial charge is 0.258 e. The maximum atomic E-state index is 13.6. The van der Waals surface area contributed by atoms with Crippen molar-refractivity contribution < 1.29 is 14.3 Å². The molecule has 118 valence electrons. The number of rotatable bonds is 10. The molecular weight excluding hydrogens is 271 g/mol. The summed E-state index contributed by atoms with van der Waals surface area (Å²) in [7, 11) is 0. The van der Waals surface area contributed by atoms with Gasteiger partial charge in [0, 0.05) is 25.9 Å². The minimum Gasteiger partial charge on any atom is -0.396 e. The number of amides is 1. The lowest BCUT2D eigenvalue weighted by atomic mass is 10.1. The second-order valence-corrected chi connectivity index (χ2v) is 5.13. The number of pyridine rings is 1. The number of hydrogen-bond donors (Lipinski definition) is 1. The van der Waals surface area contributed by atoms with Crippen molar-refractivity contribution >= 4 is 5.91 Å². The van der Waals surface area contributed by atoms with Crippen molar-refractivity contribution in [2.75, 3.05) is 19.7 Å². The van der Waals surface area contributed by atoms with Crippen LogP contribution in [0.1, 0.15) is 55.8 Å². The molecule has 0 aliphatic carbocycles. The Morgan fingerprint density at radius 2 is 1.95 bits per heavy atom. The molecule has 0 radical (unpaired) electrons. The van der Waals surface area contributed by atoms with Gasteiger partial charge in [0.2, 0.25) is 5.95 Å². The number of aromatic nitrogens is 1. The van der Waals surface area contributed by atoms with Crippen LogP contribution in [0.2, 0.25) is 0 Å². The molecule has 0 aliphatic heterocycles. The van der Waals surface area contributed by atoms with Crippen LogP contribution in [-0.2, 0) is 0 Å². The molecule has 1 heterocycles. The van der Waals surface area contributed by atoms with E-state index in [0.717, 1.165) is 19.3 Å². The number of unbranched alkanes of at least 4 members (excludes halogenated alkanes) is 4. The van der Waals surface area contributed by atoms with Crippen molar-refractivity contribution in [3.05, 3.63) is 29.8 Å². The van der Waals surface area contributed by atoms with Gasteiger partial charge in [-0.1, -0.05) is 32.6 Å². The van der Waals surface area contributed by atoms with E-state index in [4.69, 9.17) is 5.11 Å². The van der Waals surface area contributed by atoms with Gasteiger partial charge in [-0.2, -0.15) is 4.39 Å². The van der Waals surface area contributed by atoms with Crippen LogP contribution in [0.25, 0.3) is 0 Å². The second kappa shape index (κ2) is 10.3. The molecule has 1 aromatic heterocycles. The molecule has 0 fully saturated rings. The summed E-state index contributed by atoms with van der Waals surface area (Å²) in [5.41, 5.74) is 0.00370. The zero-order chi connectivity index (χ0) is 15.5. The van der Waals surface area contributed by atoms with E-state index in [1.54, 1.807) is 11.0 Å². The summed E-state index contributed by atoms with van der Waals surface area (Å²) in [5.74, 6) is -1.08. The van der Waals surface area contributed by atoms with E-state index in [1.165, 1.54) is 25.1 Å². The second-order valence-electron chi connectivity index (χ2n) is 5.13. The number of aliphatic hydroxyl groups excluding tert-OH is 1. The number of aliphatic hydroxyl groups is 1. The van der Waals surface area contributed by atoms with E-state index in [9.17, 15) is 9.18 Å². The van der Waals surface area contributed by atoms with Gasteiger partial charge in [-0.05, 0) is 25.0 Å². The van der Waals surface area contributed by atoms with E-state index >= 15 is 0 Å². The molecule has 4 nitrogen and oxygen atoms in total. The van der Waals surface area contributed by atoms with Crippen LogP contribution in [0.3, 0.4) is 0 Å². The highest BCUT2D eigenvalue weighted by Gasteiger charge is 2.19. The van der Waals surface area contributed by atoms with Crippen LogP contribution in [-0.4, -0.2) is 40.6 Å². The molecule has 1 aromatic rings. The zero-order valence-electron chi connectivity index (χ0n) is 12.7. The number of carbonyl (C=O) groups excluding carboxylic acids is 1. The first-order valence-corrected chi connectivity index (χ1v) is 7.71. The summed E-state index contributed by atoms with van der Waals surface area (Å²) in [6.45, 7) is 3.21. The third kappa shape index (κ3) is 6.21. The molecule has 0 saturated carbocycles. The van der Waals surface area contributed by atoms with Crippen LogP contribution in [0.5, 0.6) is 0 Å². The number of nitrogens with zero attached hydrogens (tertiary/aromatic N) is 2. The maximum Gasteiger partial charge on any atom is 0.258 e. The summed E-state index contributed by atoms with van der Waals surface area (Å²) in [5, 5.41) is 8.94. The van der Waals surface area contributed by atoms with Crippen molar-refractivity contribution in [2.24, 2.45) is 0 Å². The van der Waals surface area contributed by atoms with Gasteiger partial charge in [-0.3, -0.25) is 4.79 Å². The van der Waals surface area contributed by atoms with Crippen LogP contribution in [0.4, 0.5) is 4.39 Å². The molecule has 0 spiro atoms. The fourth-order valence-corrected chi connectivity index (χ4v) is 2.20. The Balaban J connectivity index is 2.59. The van der Waals surface area contributed by atoms with Crippen LogP contribution >= 0.6 is 0 Å². The Labute approximate surface area is 126 Å². The molecule has 5 heteroatoms. The minimum absolute atomic E-state index is 0.00370. The van der Waals surface area contributed by atoms with Crippen molar-refractivity contribution in [3.63, 3.8) is 0 Å². The van der Waals surface area contributed by atoms with Crippen molar-refractivity contribution in [1.29, 1.82) is 0 Å². The first kappa shape index (κ1) is 17.6. The number of halogens is 1. The van der Waals surface area contributed by atoms with Gasteiger partial charge >= 0.3 is 0 Å². The summed E-state index contributed by atoms with van der Waals surface area (Å²) in [6, 6.07) is 3.01. The predicted octanol–water partition coefficient (Wildman–Crippen LogP) is 3.02. The van der Waals surface area contributed by atoms with Crippen molar-refractivity contribution in [2.45, 2.75) is 45.4 Å². The predicted molar refractivity (Wildman–Crippen MR) is 80.6 cm³/mol. The highest BCUT2D eigenvalue weighted by molar-refractivity contribution is 5.94. The molecule has 21 heavy (non-hydrogen) atoms. The molecule has 0 aromatic carbocycles. The zero-order valence-corrected chi connectivity index (χ0v) is 12.7. The lowest BCUT2D eigenvalue weighted by Gasteiger charge is -2.22. The Morgan fingerprint density at radius 3 is 2.62 bits per heavy atom. The fourth-order valence-electron chi connectivity index (χ4n) is 2.20. The summed E-state index contributed by atoms with van der Waals surface area (Å²) in [6.07, 6.45) is 7.32. The molecule has 0 saturated heterocycles. The molecule has 0 aliphatic rings. The van der Waals surface area contributed by atoms with E-state index in [2.05, 4.69) is 11.9 Å². The molecule has 1 N–H and O–H groups in total. The molecule has 0 bridgehead atoms. The van der Waals surface area contributed by atoms with Gasteiger partial charge in [0.25, 0.3) is 5.91 Å². The summed E-state index contributed by atoms with van der Waals surface area (Å²) >= 11 is 0. The van der Waals surface area contributed by atoms with E-state index < -0.39 is 5.95 Å². The Morgan fingerprint density at radius 1 is 1.24 bits per heavy atom. The van der Waals surface area contributed by atoms with Gasteiger partial charge in [-0.25, -0.2) is 4.98 Å². The van der Waals surface area contributed by atoms with Gasteiger partial charge in [0.1, 0.15) is 0 Å². The lowest BCUT2D eigenvalue weighted by molar-refractivity contribution is 0.0736. The molecule has 1 amide bonds. The largest absolute Gasteiger partial charge is 0.396 e. The summed E-state index contributed by atoms with van der Waals surface area (Å²) < 4.78 is 13.6. The quantitative estimate of drug-likeness (QED) is 0.533. The Bertz CT molecular complexity index is 426. The standard InChI is InChI=1S/C16H25FN2O2/c1-2-3-4-5-6-11-19(12-8-13-20)16(21)14-9-7-10-18-15(14)17/h7,9-10,20H,2-6,8,11-13H2,1H3. The molecule has 1 rings (SSSR count). The van der Waals surface area contributed by atoms with Gasteiger partial charge in [-0.15, -0.1) is 0 Å². The first-order valence-electron chi connectivity index (χ1n) is 7.71. The van der Waals surface area contributed by atoms with Crippen molar-refractivity contribution in [3.8, 4) is 0 Å². The topological polar surface area (TPSA) is 53.4 Å².